The normalized spacial score (nSPS) is 13.7. The minimum absolute atomic E-state index is 0.298. The molecular formula is C29H31F2N3O4. The predicted molar refractivity (Wildman–Crippen MR) is 140 cm³/mol. The van der Waals surface area contributed by atoms with Crippen LogP contribution < -0.4 is 16.0 Å². The molecule has 9 heteroatoms. The molecule has 4 N–H and O–H groups in total. The van der Waals surface area contributed by atoms with E-state index in [1.165, 1.54) is 6.92 Å². The van der Waals surface area contributed by atoms with E-state index in [9.17, 15) is 28.3 Å². The molecule has 7 nitrogen and oxygen atoms in total. The molecule has 0 aliphatic carbocycles. The lowest BCUT2D eigenvalue weighted by Crippen LogP contribution is -2.52. The van der Waals surface area contributed by atoms with E-state index in [4.69, 9.17) is 0 Å². The van der Waals surface area contributed by atoms with Crippen LogP contribution in [-0.4, -0.2) is 34.4 Å². The van der Waals surface area contributed by atoms with E-state index in [1.54, 1.807) is 12.1 Å². The highest BCUT2D eigenvalue weighted by Gasteiger charge is 2.29. The Morgan fingerprint density at radius 3 is 1.84 bits per heavy atom. The molecule has 0 spiro atoms. The van der Waals surface area contributed by atoms with Crippen molar-refractivity contribution < 1.29 is 28.3 Å². The Bertz CT molecular complexity index is 1270. The van der Waals surface area contributed by atoms with Crippen LogP contribution in [0.25, 0.3) is 11.1 Å². The van der Waals surface area contributed by atoms with Gasteiger partial charge in [0.1, 0.15) is 23.7 Å². The van der Waals surface area contributed by atoms with Crippen molar-refractivity contribution in [1.82, 2.24) is 16.0 Å². The maximum Gasteiger partial charge on any atom is 0.254 e. The van der Waals surface area contributed by atoms with Crippen LogP contribution in [0.4, 0.5) is 8.78 Å². The predicted octanol–water partition coefficient (Wildman–Crippen LogP) is 3.94. The van der Waals surface area contributed by atoms with Crippen molar-refractivity contribution in [1.29, 1.82) is 0 Å². The van der Waals surface area contributed by atoms with E-state index in [1.807, 2.05) is 63.2 Å². The first-order valence-electron chi connectivity index (χ1n) is 12.1. The number of benzene rings is 3. The molecule has 3 amide bonds. The lowest BCUT2D eigenvalue weighted by atomic mass is 9.99. The fourth-order valence-electron chi connectivity index (χ4n) is 3.75. The Balaban J connectivity index is 1.76. The number of hydrogen-bond acceptors (Lipinski definition) is 4. The molecule has 0 aliphatic rings. The quantitative estimate of drug-likeness (QED) is 0.359. The summed E-state index contributed by atoms with van der Waals surface area (Å²) < 4.78 is 27.0. The molecule has 1 unspecified atom stereocenters. The lowest BCUT2D eigenvalue weighted by molar-refractivity contribution is -0.135. The van der Waals surface area contributed by atoms with Gasteiger partial charge in [-0.25, -0.2) is 8.78 Å². The SMILES string of the molecule is C[C@H](NC(=O)C(O)c1cc(F)cc(F)c1)C(=O)N[C@H](C(=O)NC(C)(C)C)c1ccc(-c2ccccc2)cc1. The third-order valence-corrected chi connectivity index (χ3v) is 5.60. The van der Waals surface area contributed by atoms with Gasteiger partial charge in [-0.1, -0.05) is 54.6 Å². The van der Waals surface area contributed by atoms with Gasteiger partial charge in [0.05, 0.1) is 0 Å². The Hall–Kier alpha value is -4.11. The molecule has 0 radical (unpaired) electrons. The zero-order chi connectivity index (χ0) is 28.0. The van der Waals surface area contributed by atoms with Gasteiger partial charge in [-0.15, -0.1) is 0 Å². The van der Waals surface area contributed by atoms with E-state index >= 15 is 0 Å². The number of carbonyl (C=O) groups excluding carboxylic acids is 3. The topological polar surface area (TPSA) is 108 Å². The summed E-state index contributed by atoms with van der Waals surface area (Å²) >= 11 is 0. The number of rotatable bonds is 8. The molecule has 0 bridgehead atoms. The first kappa shape index (κ1) is 28.5. The lowest BCUT2D eigenvalue weighted by Gasteiger charge is -2.27. The van der Waals surface area contributed by atoms with Crippen LogP contribution in [0.15, 0.2) is 72.8 Å². The number of amides is 3. The van der Waals surface area contributed by atoms with E-state index in [-0.39, 0.29) is 5.56 Å². The summed E-state index contributed by atoms with van der Waals surface area (Å²) in [5.74, 6) is -4.09. The second kappa shape index (κ2) is 12.0. The van der Waals surface area contributed by atoms with Gasteiger partial charge in [0.25, 0.3) is 5.91 Å². The minimum Gasteiger partial charge on any atom is -0.378 e. The van der Waals surface area contributed by atoms with Gasteiger partial charge < -0.3 is 21.1 Å². The highest BCUT2D eigenvalue weighted by molar-refractivity contribution is 5.93. The summed E-state index contributed by atoms with van der Waals surface area (Å²) in [6.07, 6.45) is -1.90. The summed E-state index contributed by atoms with van der Waals surface area (Å²) in [5.41, 5.74) is 1.57. The van der Waals surface area contributed by atoms with Crippen LogP contribution in [0.5, 0.6) is 0 Å². The van der Waals surface area contributed by atoms with Crippen LogP contribution in [0.3, 0.4) is 0 Å². The number of nitrogens with one attached hydrogen (secondary N) is 3. The third kappa shape index (κ3) is 7.69. The standard InChI is InChI=1S/C29H31F2N3O4/c1-17(32-28(38)25(35)21-14-22(30)16-23(31)15-21)26(36)33-24(27(37)34-29(2,3)4)20-12-10-19(11-13-20)18-8-6-5-7-9-18/h5-17,24-25,35H,1-4H3,(H,32,38)(H,33,36)(H,34,37)/t17-,24-,25?/m0/s1. The Morgan fingerprint density at radius 2 is 1.29 bits per heavy atom. The molecule has 0 saturated heterocycles. The molecule has 0 saturated carbocycles. The minimum atomic E-state index is -1.90. The highest BCUT2D eigenvalue weighted by Crippen LogP contribution is 2.23. The van der Waals surface area contributed by atoms with Crippen LogP contribution in [0.2, 0.25) is 0 Å². The fourth-order valence-corrected chi connectivity index (χ4v) is 3.75. The fraction of sp³-hybridized carbons (Fsp3) is 0.276. The number of halogens is 2. The van der Waals surface area contributed by atoms with Gasteiger partial charge in [0, 0.05) is 11.6 Å². The van der Waals surface area contributed by atoms with Crippen molar-refractivity contribution in [2.24, 2.45) is 0 Å². The average molecular weight is 524 g/mol. The van der Waals surface area contributed by atoms with Crippen molar-refractivity contribution in [2.45, 2.75) is 51.4 Å². The van der Waals surface area contributed by atoms with Gasteiger partial charge in [0.2, 0.25) is 11.8 Å². The summed E-state index contributed by atoms with van der Waals surface area (Å²) in [6, 6.07) is 16.8. The largest absolute Gasteiger partial charge is 0.378 e. The van der Waals surface area contributed by atoms with E-state index < -0.39 is 53.1 Å². The second-order valence-corrected chi connectivity index (χ2v) is 10.0. The molecule has 3 rings (SSSR count). The van der Waals surface area contributed by atoms with E-state index in [2.05, 4.69) is 16.0 Å². The van der Waals surface area contributed by atoms with Gasteiger partial charge in [0.15, 0.2) is 6.10 Å². The maximum atomic E-state index is 13.5. The summed E-state index contributed by atoms with van der Waals surface area (Å²) in [6.45, 7) is 6.79. The Kier molecular flexibility index (Phi) is 8.96. The molecule has 3 aromatic carbocycles. The molecule has 0 fully saturated rings. The smallest absolute Gasteiger partial charge is 0.254 e. The highest BCUT2D eigenvalue weighted by atomic mass is 19.1. The third-order valence-electron chi connectivity index (χ3n) is 5.60. The van der Waals surface area contributed by atoms with Crippen LogP contribution in [0, 0.1) is 11.6 Å². The molecule has 0 aromatic heterocycles. The summed E-state index contributed by atoms with van der Waals surface area (Å²) in [5, 5.41) is 18.0. The molecule has 3 atom stereocenters. The molecule has 38 heavy (non-hydrogen) atoms. The zero-order valence-corrected chi connectivity index (χ0v) is 21.6. The van der Waals surface area contributed by atoms with Crippen molar-refractivity contribution in [3.63, 3.8) is 0 Å². The monoisotopic (exact) mass is 523 g/mol. The Labute approximate surface area is 220 Å². The molecule has 0 heterocycles. The van der Waals surface area contributed by atoms with Crippen LogP contribution >= 0.6 is 0 Å². The average Bonchev–Trinajstić information content (AvgIpc) is 2.85. The number of aliphatic hydroxyl groups excluding tert-OH is 1. The molecule has 3 aromatic rings. The van der Waals surface area contributed by atoms with Crippen molar-refractivity contribution >= 4 is 17.7 Å². The molecular weight excluding hydrogens is 492 g/mol. The van der Waals surface area contributed by atoms with Crippen molar-refractivity contribution in [3.05, 3.63) is 95.6 Å². The second-order valence-electron chi connectivity index (χ2n) is 10.0. The summed E-state index contributed by atoms with van der Waals surface area (Å²) in [4.78, 5) is 38.6. The van der Waals surface area contributed by atoms with Crippen molar-refractivity contribution in [2.75, 3.05) is 0 Å². The van der Waals surface area contributed by atoms with E-state index in [0.29, 0.717) is 11.6 Å². The van der Waals surface area contributed by atoms with Gasteiger partial charge >= 0.3 is 0 Å². The molecule has 200 valence electrons. The molecule has 0 aliphatic heterocycles. The van der Waals surface area contributed by atoms with Gasteiger partial charge in [-0.05, 0) is 62.1 Å². The maximum absolute atomic E-state index is 13.5. The first-order chi connectivity index (χ1) is 17.8. The van der Waals surface area contributed by atoms with Gasteiger partial charge in [-0.3, -0.25) is 14.4 Å². The van der Waals surface area contributed by atoms with E-state index in [0.717, 1.165) is 23.3 Å². The number of aliphatic hydroxyl groups is 1. The first-order valence-corrected chi connectivity index (χ1v) is 12.1. The summed E-state index contributed by atoms with van der Waals surface area (Å²) in [7, 11) is 0. The number of hydrogen-bond donors (Lipinski definition) is 4. The van der Waals surface area contributed by atoms with Gasteiger partial charge in [-0.2, -0.15) is 0 Å². The Morgan fingerprint density at radius 1 is 0.737 bits per heavy atom. The van der Waals surface area contributed by atoms with Crippen LogP contribution in [-0.2, 0) is 14.4 Å². The van der Waals surface area contributed by atoms with Crippen LogP contribution in [0.1, 0.15) is 51.0 Å². The van der Waals surface area contributed by atoms with Crippen molar-refractivity contribution in [3.8, 4) is 11.1 Å². The zero-order valence-electron chi connectivity index (χ0n) is 21.6. The number of carbonyl (C=O) groups is 3.